The largest absolute Gasteiger partial charge is 0.392 e. The summed E-state index contributed by atoms with van der Waals surface area (Å²) in [5, 5.41) is 9.51. The van der Waals surface area contributed by atoms with Gasteiger partial charge in [0.2, 0.25) is 0 Å². The monoisotopic (exact) mass is 231 g/mol. The predicted molar refractivity (Wildman–Crippen MR) is 69.8 cm³/mol. The Hall–Kier alpha value is -0.160. The maximum Gasteiger partial charge on any atom is 0.0664 e. The maximum atomic E-state index is 9.51. The van der Waals surface area contributed by atoms with Gasteiger partial charge < -0.3 is 19.8 Å². The van der Waals surface area contributed by atoms with Gasteiger partial charge in [0.25, 0.3) is 0 Å². The minimum atomic E-state index is -0.183. The average Bonchev–Trinajstić information content (AvgIpc) is 2.23. The fourth-order valence-corrected chi connectivity index (χ4v) is 1.40. The third-order valence-corrected chi connectivity index (χ3v) is 2.79. The number of rotatable bonds is 9. The first-order valence-electron chi connectivity index (χ1n) is 6.15. The quantitative estimate of drug-likeness (QED) is 0.613. The summed E-state index contributed by atoms with van der Waals surface area (Å²) in [6.07, 6.45) is 0.651. The van der Waals surface area contributed by atoms with Gasteiger partial charge in [0.05, 0.1) is 6.10 Å². The Morgan fingerprint density at radius 2 is 1.38 bits per heavy atom. The molecule has 0 aromatic heterocycles. The Morgan fingerprint density at radius 1 is 0.875 bits per heavy atom. The summed E-state index contributed by atoms with van der Waals surface area (Å²) in [7, 11) is 8.40. The first-order chi connectivity index (χ1) is 7.45. The molecule has 4 nitrogen and oxygen atoms in total. The first-order valence-corrected chi connectivity index (χ1v) is 6.15. The van der Waals surface area contributed by atoms with Crippen LogP contribution in [-0.4, -0.2) is 86.8 Å². The number of likely N-dealkylation sites (N-methyl/N-ethyl adjacent to an activating group) is 3. The highest BCUT2D eigenvalue weighted by Crippen LogP contribution is 1.94. The standard InChI is InChI=1S/C12H29N3O/c1-6-12(16)11-15(5)10-9-14(4)8-7-13(2)3/h12,16H,6-11H2,1-5H3. The highest BCUT2D eigenvalue weighted by Gasteiger charge is 2.06. The Kier molecular flexibility index (Phi) is 8.84. The van der Waals surface area contributed by atoms with Crippen molar-refractivity contribution >= 4 is 0 Å². The molecule has 0 amide bonds. The molecule has 0 spiro atoms. The van der Waals surface area contributed by atoms with Gasteiger partial charge in [-0.25, -0.2) is 0 Å². The third-order valence-electron chi connectivity index (χ3n) is 2.79. The fraction of sp³-hybridized carbons (Fsp3) is 1.00. The molecule has 0 aromatic carbocycles. The lowest BCUT2D eigenvalue weighted by Gasteiger charge is -2.24. The maximum absolute atomic E-state index is 9.51. The molecule has 98 valence electrons. The van der Waals surface area contributed by atoms with Gasteiger partial charge in [-0.1, -0.05) is 6.92 Å². The van der Waals surface area contributed by atoms with Crippen LogP contribution in [0.4, 0.5) is 0 Å². The van der Waals surface area contributed by atoms with E-state index in [1.54, 1.807) is 0 Å². The Labute approximate surface area is 101 Å². The van der Waals surface area contributed by atoms with E-state index in [9.17, 15) is 5.11 Å². The van der Waals surface area contributed by atoms with E-state index in [4.69, 9.17) is 0 Å². The zero-order valence-corrected chi connectivity index (χ0v) is 11.6. The van der Waals surface area contributed by atoms with Gasteiger partial charge in [0, 0.05) is 32.7 Å². The van der Waals surface area contributed by atoms with E-state index in [2.05, 4.69) is 42.9 Å². The van der Waals surface area contributed by atoms with E-state index >= 15 is 0 Å². The van der Waals surface area contributed by atoms with Gasteiger partial charge in [0.15, 0.2) is 0 Å². The molecule has 1 N–H and O–H groups in total. The second kappa shape index (κ2) is 8.93. The van der Waals surface area contributed by atoms with Crippen molar-refractivity contribution in [2.45, 2.75) is 19.4 Å². The topological polar surface area (TPSA) is 30.0 Å². The van der Waals surface area contributed by atoms with Crippen molar-refractivity contribution in [3.05, 3.63) is 0 Å². The summed E-state index contributed by atoms with van der Waals surface area (Å²) in [5.74, 6) is 0. The second-order valence-corrected chi connectivity index (χ2v) is 4.93. The summed E-state index contributed by atoms with van der Waals surface area (Å²) in [5.41, 5.74) is 0. The van der Waals surface area contributed by atoms with Crippen molar-refractivity contribution in [2.75, 3.05) is 60.9 Å². The molecule has 0 aromatic rings. The van der Waals surface area contributed by atoms with Gasteiger partial charge in [-0.2, -0.15) is 0 Å². The highest BCUT2D eigenvalue weighted by atomic mass is 16.3. The van der Waals surface area contributed by atoms with Gasteiger partial charge in [-0.3, -0.25) is 0 Å². The zero-order chi connectivity index (χ0) is 12.6. The molecule has 0 aliphatic heterocycles. The molecule has 0 rings (SSSR count). The molecular formula is C12H29N3O. The van der Waals surface area contributed by atoms with Crippen molar-refractivity contribution in [1.82, 2.24) is 14.7 Å². The predicted octanol–water partition coefficient (Wildman–Crippen LogP) is 0.183. The van der Waals surface area contributed by atoms with Crippen LogP contribution in [0.5, 0.6) is 0 Å². The Morgan fingerprint density at radius 3 is 1.88 bits per heavy atom. The average molecular weight is 231 g/mol. The summed E-state index contributed by atoms with van der Waals surface area (Å²) < 4.78 is 0. The molecule has 0 bridgehead atoms. The fourth-order valence-electron chi connectivity index (χ4n) is 1.40. The number of aliphatic hydroxyl groups is 1. The van der Waals surface area contributed by atoms with Gasteiger partial charge in [-0.05, 0) is 34.6 Å². The summed E-state index contributed by atoms with van der Waals surface area (Å²) >= 11 is 0. The van der Waals surface area contributed by atoms with E-state index in [1.165, 1.54) is 0 Å². The second-order valence-electron chi connectivity index (χ2n) is 4.93. The van der Waals surface area contributed by atoms with Crippen LogP contribution in [0.15, 0.2) is 0 Å². The van der Waals surface area contributed by atoms with Crippen molar-refractivity contribution in [3.63, 3.8) is 0 Å². The minimum absolute atomic E-state index is 0.183. The van der Waals surface area contributed by atoms with E-state index in [0.717, 1.165) is 39.1 Å². The van der Waals surface area contributed by atoms with Crippen molar-refractivity contribution in [2.24, 2.45) is 0 Å². The lowest BCUT2D eigenvalue weighted by Crippen LogP contribution is -2.37. The molecule has 0 aliphatic carbocycles. The summed E-state index contributed by atoms with van der Waals surface area (Å²) in [6, 6.07) is 0. The molecule has 1 atom stereocenters. The van der Waals surface area contributed by atoms with Crippen LogP contribution in [0.2, 0.25) is 0 Å². The molecule has 0 aliphatic rings. The van der Waals surface area contributed by atoms with Crippen LogP contribution in [0.25, 0.3) is 0 Å². The smallest absolute Gasteiger partial charge is 0.0664 e. The molecular weight excluding hydrogens is 202 g/mol. The van der Waals surface area contributed by atoms with Crippen LogP contribution in [0.3, 0.4) is 0 Å². The van der Waals surface area contributed by atoms with Crippen LogP contribution in [0, 0.1) is 0 Å². The number of hydrogen-bond acceptors (Lipinski definition) is 4. The first kappa shape index (κ1) is 15.8. The van der Waals surface area contributed by atoms with Crippen molar-refractivity contribution in [1.29, 1.82) is 0 Å². The normalized spacial score (nSPS) is 14.1. The molecule has 16 heavy (non-hydrogen) atoms. The molecule has 0 saturated carbocycles. The Bertz CT molecular complexity index is 164. The molecule has 0 fully saturated rings. The number of nitrogens with zero attached hydrogens (tertiary/aromatic N) is 3. The van der Waals surface area contributed by atoms with Crippen LogP contribution in [-0.2, 0) is 0 Å². The van der Waals surface area contributed by atoms with Gasteiger partial charge in [0.1, 0.15) is 0 Å². The highest BCUT2D eigenvalue weighted by molar-refractivity contribution is 4.62. The van der Waals surface area contributed by atoms with E-state index in [-0.39, 0.29) is 6.10 Å². The lowest BCUT2D eigenvalue weighted by atomic mass is 10.2. The summed E-state index contributed by atoms with van der Waals surface area (Å²) in [6.45, 7) is 7.05. The number of hydrogen-bond donors (Lipinski definition) is 1. The number of aliphatic hydroxyl groups excluding tert-OH is 1. The van der Waals surface area contributed by atoms with Crippen molar-refractivity contribution < 1.29 is 5.11 Å². The molecule has 0 radical (unpaired) electrons. The van der Waals surface area contributed by atoms with Crippen molar-refractivity contribution in [3.8, 4) is 0 Å². The Balaban J connectivity index is 3.54. The van der Waals surface area contributed by atoms with Crippen LogP contribution < -0.4 is 0 Å². The molecule has 0 heterocycles. The zero-order valence-electron chi connectivity index (χ0n) is 11.6. The lowest BCUT2D eigenvalue weighted by molar-refractivity contribution is 0.116. The van der Waals surface area contributed by atoms with Crippen LogP contribution in [0.1, 0.15) is 13.3 Å². The molecule has 4 heteroatoms. The molecule has 0 saturated heterocycles. The van der Waals surface area contributed by atoms with Crippen LogP contribution >= 0.6 is 0 Å². The van der Waals surface area contributed by atoms with E-state index in [1.807, 2.05) is 6.92 Å². The minimum Gasteiger partial charge on any atom is -0.392 e. The third kappa shape index (κ3) is 9.09. The van der Waals surface area contributed by atoms with E-state index < -0.39 is 0 Å². The summed E-state index contributed by atoms with van der Waals surface area (Å²) in [4.78, 5) is 6.72. The van der Waals surface area contributed by atoms with Gasteiger partial charge >= 0.3 is 0 Å². The molecule has 1 unspecified atom stereocenters. The van der Waals surface area contributed by atoms with E-state index in [0.29, 0.717) is 0 Å². The van der Waals surface area contributed by atoms with Gasteiger partial charge in [-0.15, -0.1) is 0 Å². The SMILES string of the molecule is CCC(O)CN(C)CCN(C)CCN(C)C.